The molecule has 0 N–H and O–H groups in total. The van der Waals surface area contributed by atoms with Crippen LogP contribution in [0.3, 0.4) is 0 Å². The highest BCUT2D eigenvalue weighted by Gasteiger charge is 2.35. The average Bonchev–Trinajstić information content (AvgIpc) is 3.68. The second kappa shape index (κ2) is 11.8. The van der Waals surface area contributed by atoms with Gasteiger partial charge in [0.05, 0.1) is 30.1 Å². The number of hydrogen-bond donors (Lipinski definition) is 0. The zero-order chi connectivity index (χ0) is 34.1. The number of hydrogen-bond acceptors (Lipinski definition) is 2. The van der Waals surface area contributed by atoms with Gasteiger partial charge in [-0.05, 0) is 94.1 Å². The summed E-state index contributed by atoms with van der Waals surface area (Å²) in [5.74, 6) is 1.46. The van der Waals surface area contributed by atoms with Crippen LogP contribution in [0.25, 0.3) is 61.2 Å². The molecule has 2 radical (unpaired) electrons. The van der Waals surface area contributed by atoms with E-state index in [-0.39, 0.29) is 17.2 Å². The van der Waals surface area contributed by atoms with Gasteiger partial charge in [0, 0.05) is 10.8 Å². The highest BCUT2D eigenvalue weighted by molar-refractivity contribution is 6.16. The topological polar surface area (TPSA) is 31.0 Å². The van der Waals surface area contributed by atoms with Crippen molar-refractivity contribution < 1.29 is 4.42 Å². The van der Waals surface area contributed by atoms with Crippen LogP contribution < -0.4 is 0 Å². The number of furan rings is 1. The molecule has 1 fully saturated rings. The molecule has 7 aromatic rings. The molecular weight excluding hydrogens is 595 g/mol. The minimum absolute atomic E-state index is 0.244. The van der Waals surface area contributed by atoms with E-state index in [1.54, 1.807) is 0 Å². The molecule has 49 heavy (non-hydrogen) atoms. The molecule has 5 aromatic carbocycles. The van der Waals surface area contributed by atoms with Crippen LogP contribution in [-0.4, -0.2) is 17.4 Å². The molecule has 1 saturated carbocycles. The van der Waals surface area contributed by atoms with Crippen LogP contribution in [0.5, 0.6) is 0 Å². The Morgan fingerprint density at radius 3 is 2.02 bits per heavy atom. The number of nitrogens with zero attached hydrogens (tertiary/aromatic N) is 2. The van der Waals surface area contributed by atoms with Gasteiger partial charge in [-0.25, -0.2) is 4.98 Å². The van der Waals surface area contributed by atoms with Crippen molar-refractivity contribution in [3.05, 3.63) is 120 Å². The van der Waals surface area contributed by atoms with Gasteiger partial charge in [0.25, 0.3) is 0 Å². The number of para-hydroxylation sites is 4. The molecule has 0 bridgehead atoms. The minimum Gasteiger partial charge on any atom is -0.455 e. The molecule has 2 aromatic heterocycles. The number of fused-ring (bicyclic) bond motifs is 4. The number of benzene rings is 5. The van der Waals surface area contributed by atoms with Gasteiger partial charge in [0.15, 0.2) is 0 Å². The molecule has 8 rings (SSSR count). The maximum Gasteiger partial charge on any atom is 0.149 e. The molecule has 2 heterocycles. The summed E-state index contributed by atoms with van der Waals surface area (Å²) in [4.78, 5) is 5.32. The first-order valence-electron chi connectivity index (χ1n) is 18.0. The Kier molecular flexibility index (Phi) is 7.63. The van der Waals surface area contributed by atoms with E-state index >= 15 is 0 Å². The van der Waals surface area contributed by atoms with Crippen molar-refractivity contribution >= 4 is 40.8 Å². The van der Waals surface area contributed by atoms with Crippen molar-refractivity contribution in [2.75, 3.05) is 0 Å². The standard InChI is InChI=1S/C45H45BN2O/c1-28(2)36-26-31(30-18-20-32(21-19-30)45(46)24-22-44(5,6)23-25-45)27-37(29(3)4)41(36)48-39-16-9-8-15-38(39)47-43(48)35-14-11-13-34-33-12-7-10-17-40(33)49-42(34)35/h7-21,26-29H,22-25H2,1-6H3. The fraction of sp³-hybridized carbons (Fsp3) is 0.311. The summed E-state index contributed by atoms with van der Waals surface area (Å²) < 4.78 is 8.97. The van der Waals surface area contributed by atoms with Gasteiger partial charge >= 0.3 is 0 Å². The summed E-state index contributed by atoms with van der Waals surface area (Å²) in [5.41, 5.74) is 12.7. The predicted octanol–water partition coefficient (Wildman–Crippen LogP) is 12.5. The van der Waals surface area contributed by atoms with Gasteiger partial charge in [-0.15, -0.1) is 0 Å². The average molecular weight is 641 g/mol. The largest absolute Gasteiger partial charge is 0.455 e. The smallest absolute Gasteiger partial charge is 0.149 e. The minimum atomic E-state index is -0.244. The van der Waals surface area contributed by atoms with E-state index in [9.17, 15) is 0 Å². The van der Waals surface area contributed by atoms with Crippen LogP contribution in [0.2, 0.25) is 0 Å². The number of imidazole rings is 1. The first kappa shape index (κ1) is 31.7. The zero-order valence-corrected chi connectivity index (χ0v) is 29.7. The van der Waals surface area contributed by atoms with E-state index in [1.165, 1.54) is 33.5 Å². The van der Waals surface area contributed by atoms with E-state index in [0.29, 0.717) is 5.41 Å². The molecule has 3 nitrogen and oxygen atoms in total. The lowest BCUT2D eigenvalue weighted by atomic mass is 9.53. The second-order valence-corrected chi connectivity index (χ2v) is 15.8. The fourth-order valence-electron chi connectivity index (χ4n) is 8.00. The molecule has 1 aliphatic carbocycles. The SMILES string of the molecule is [B]C1(c2ccc(-c3cc(C(C)C)c(-n4c(-c5cccc6c5oc5ccccc56)nc5ccccc54)c(C(C)C)c3)cc2)CCC(C)(C)CC1. The summed E-state index contributed by atoms with van der Waals surface area (Å²) in [5, 5.41) is 1.98. The van der Waals surface area contributed by atoms with Crippen molar-refractivity contribution in [3.63, 3.8) is 0 Å². The molecule has 0 spiro atoms. The van der Waals surface area contributed by atoms with Crippen LogP contribution in [-0.2, 0) is 5.31 Å². The van der Waals surface area contributed by atoms with Crippen LogP contribution in [0, 0.1) is 5.41 Å². The Bertz CT molecular complexity index is 2300. The first-order valence-corrected chi connectivity index (χ1v) is 18.0. The maximum absolute atomic E-state index is 7.04. The van der Waals surface area contributed by atoms with E-state index in [0.717, 1.165) is 70.0 Å². The molecule has 1 aliphatic rings. The molecule has 0 atom stereocenters. The van der Waals surface area contributed by atoms with Crippen LogP contribution in [0.15, 0.2) is 108 Å². The highest BCUT2D eigenvalue weighted by Crippen LogP contribution is 2.46. The monoisotopic (exact) mass is 640 g/mol. The Hall–Kier alpha value is -4.57. The third kappa shape index (κ3) is 5.41. The Balaban J connectivity index is 1.31. The first-order chi connectivity index (χ1) is 23.5. The summed E-state index contributed by atoms with van der Waals surface area (Å²) in [7, 11) is 7.04. The quantitative estimate of drug-likeness (QED) is 0.169. The molecular formula is C45H45BN2O. The summed E-state index contributed by atoms with van der Waals surface area (Å²) >= 11 is 0. The van der Waals surface area contributed by atoms with Crippen molar-refractivity contribution in [2.24, 2.45) is 5.41 Å². The lowest BCUT2D eigenvalue weighted by Gasteiger charge is -2.42. The zero-order valence-electron chi connectivity index (χ0n) is 29.7. The van der Waals surface area contributed by atoms with Gasteiger partial charge in [0.2, 0.25) is 0 Å². The van der Waals surface area contributed by atoms with Crippen LogP contribution in [0.4, 0.5) is 0 Å². The highest BCUT2D eigenvalue weighted by atomic mass is 16.3. The molecule has 244 valence electrons. The van der Waals surface area contributed by atoms with Gasteiger partial charge in [-0.1, -0.05) is 127 Å². The molecule has 0 unspecified atom stereocenters. The summed E-state index contributed by atoms with van der Waals surface area (Å²) in [6, 6.07) is 37.2. The van der Waals surface area contributed by atoms with Crippen molar-refractivity contribution in [3.8, 4) is 28.2 Å². The maximum atomic E-state index is 7.04. The summed E-state index contributed by atoms with van der Waals surface area (Å²) in [6.45, 7) is 13.9. The Morgan fingerprint density at radius 1 is 0.694 bits per heavy atom. The molecule has 4 heteroatoms. The van der Waals surface area contributed by atoms with E-state index in [2.05, 4.69) is 137 Å². The number of aromatic nitrogens is 2. The molecule has 0 saturated heterocycles. The number of rotatable bonds is 6. The van der Waals surface area contributed by atoms with Crippen LogP contribution in [0.1, 0.15) is 95.8 Å². The summed E-state index contributed by atoms with van der Waals surface area (Å²) in [6.07, 6.45) is 4.40. The predicted molar refractivity (Wildman–Crippen MR) is 207 cm³/mol. The fourth-order valence-corrected chi connectivity index (χ4v) is 8.00. The van der Waals surface area contributed by atoms with Gasteiger partial charge in [-0.2, -0.15) is 0 Å². The van der Waals surface area contributed by atoms with Crippen molar-refractivity contribution in [1.29, 1.82) is 0 Å². The van der Waals surface area contributed by atoms with Gasteiger partial charge in [-0.3, -0.25) is 4.57 Å². The Morgan fingerprint density at radius 2 is 1.33 bits per heavy atom. The van der Waals surface area contributed by atoms with E-state index < -0.39 is 0 Å². The van der Waals surface area contributed by atoms with Crippen molar-refractivity contribution in [2.45, 2.75) is 84.4 Å². The molecule has 0 aliphatic heterocycles. The third-order valence-corrected chi connectivity index (χ3v) is 11.1. The molecule has 0 amide bonds. The second-order valence-electron chi connectivity index (χ2n) is 15.8. The normalized spacial score (nSPS) is 16.0. The third-order valence-electron chi connectivity index (χ3n) is 11.1. The van der Waals surface area contributed by atoms with Gasteiger partial charge < -0.3 is 4.42 Å². The lowest BCUT2D eigenvalue weighted by Crippen LogP contribution is -2.35. The van der Waals surface area contributed by atoms with E-state index in [4.69, 9.17) is 17.2 Å². The Labute approximate surface area is 291 Å². The lowest BCUT2D eigenvalue weighted by molar-refractivity contribution is 0.206. The van der Waals surface area contributed by atoms with Gasteiger partial charge in [0.1, 0.15) is 17.0 Å². The van der Waals surface area contributed by atoms with Crippen LogP contribution >= 0.6 is 0 Å². The van der Waals surface area contributed by atoms with E-state index in [1.807, 2.05) is 12.1 Å². The van der Waals surface area contributed by atoms with Crippen molar-refractivity contribution in [1.82, 2.24) is 9.55 Å².